The maximum Gasteiger partial charge on any atom is 0.262 e. The van der Waals surface area contributed by atoms with Gasteiger partial charge in [0, 0.05) is 0 Å². The van der Waals surface area contributed by atoms with Crippen molar-refractivity contribution in [2.75, 3.05) is 18.5 Å². The molecule has 126 valence electrons. The molecule has 0 atom stereocenters. The standard InChI is InChI=1S/C18H18FNO4/c1-3-23-17-7-5-4-6-15(17)20-18(22)11-24-16-9-8-13(19)10-14(16)12(2)21/h4-10H,3,11H2,1-2H3,(H,20,22). The molecule has 0 aliphatic carbocycles. The van der Waals surface area contributed by atoms with Crippen molar-refractivity contribution in [2.24, 2.45) is 0 Å². The molecule has 0 unspecified atom stereocenters. The number of ether oxygens (including phenoxy) is 2. The molecule has 2 aromatic carbocycles. The lowest BCUT2D eigenvalue weighted by atomic mass is 10.1. The van der Waals surface area contributed by atoms with Gasteiger partial charge in [0.2, 0.25) is 0 Å². The van der Waals surface area contributed by atoms with Crippen LogP contribution in [0, 0.1) is 5.82 Å². The van der Waals surface area contributed by atoms with Crippen LogP contribution in [0.15, 0.2) is 42.5 Å². The number of hydrogen-bond acceptors (Lipinski definition) is 4. The molecule has 0 saturated heterocycles. The number of carbonyl (C=O) groups excluding carboxylic acids is 2. The van der Waals surface area contributed by atoms with Crippen LogP contribution in [-0.2, 0) is 4.79 Å². The molecule has 0 bridgehead atoms. The topological polar surface area (TPSA) is 64.6 Å². The summed E-state index contributed by atoms with van der Waals surface area (Å²) in [5.74, 6) is -0.577. The molecule has 0 fully saturated rings. The first kappa shape index (κ1) is 17.5. The van der Waals surface area contributed by atoms with Gasteiger partial charge in [-0.15, -0.1) is 0 Å². The number of Topliss-reactive ketones (excluding diaryl/α,β-unsaturated/α-hetero) is 1. The van der Waals surface area contributed by atoms with Gasteiger partial charge >= 0.3 is 0 Å². The predicted octanol–water partition coefficient (Wildman–Crippen LogP) is 3.44. The van der Waals surface area contributed by atoms with E-state index in [2.05, 4.69) is 5.32 Å². The summed E-state index contributed by atoms with van der Waals surface area (Å²) in [4.78, 5) is 23.5. The van der Waals surface area contributed by atoms with Crippen LogP contribution in [0.4, 0.5) is 10.1 Å². The van der Waals surface area contributed by atoms with Gasteiger partial charge in [-0.3, -0.25) is 9.59 Å². The van der Waals surface area contributed by atoms with Gasteiger partial charge in [-0.25, -0.2) is 4.39 Å². The van der Waals surface area contributed by atoms with Gasteiger partial charge < -0.3 is 14.8 Å². The zero-order valence-corrected chi connectivity index (χ0v) is 13.5. The van der Waals surface area contributed by atoms with E-state index in [1.54, 1.807) is 24.3 Å². The van der Waals surface area contributed by atoms with E-state index in [1.807, 2.05) is 6.92 Å². The van der Waals surface area contributed by atoms with E-state index >= 15 is 0 Å². The fourth-order valence-corrected chi connectivity index (χ4v) is 2.08. The van der Waals surface area contributed by atoms with E-state index in [0.717, 1.165) is 6.07 Å². The Morgan fingerprint density at radius 3 is 2.54 bits per heavy atom. The molecule has 2 aromatic rings. The first-order valence-corrected chi connectivity index (χ1v) is 7.46. The molecular weight excluding hydrogens is 313 g/mol. The molecule has 24 heavy (non-hydrogen) atoms. The minimum Gasteiger partial charge on any atom is -0.492 e. The normalized spacial score (nSPS) is 10.1. The maximum atomic E-state index is 13.2. The Labute approximate surface area is 139 Å². The highest BCUT2D eigenvalue weighted by atomic mass is 19.1. The number of amides is 1. The summed E-state index contributed by atoms with van der Waals surface area (Å²) < 4.78 is 24.0. The van der Waals surface area contributed by atoms with Gasteiger partial charge in [-0.2, -0.15) is 0 Å². The molecule has 2 rings (SSSR count). The van der Waals surface area contributed by atoms with E-state index in [4.69, 9.17) is 9.47 Å². The molecule has 0 saturated carbocycles. The van der Waals surface area contributed by atoms with Crippen LogP contribution in [0.2, 0.25) is 0 Å². The zero-order valence-electron chi connectivity index (χ0n) is 13.5. The summed E-state index contributed by atoms with van der Waals surface area (Å²) in [5, 5.41) is 2.68. The number of para-hydroxylation sites is 2. The van der Waals surface area contributed by atoms with E-state index in [9.17, 15) is 14.0 Å². The van der Waals surface area contributed by atoms with Crippen LogP contribution in [0.5, 0.6) is 11.5 Å². The first-order chi connectivity index (χ1) is 11.5. The smallest absolute Gasteiger partial charge is 0.262 e. The SMILES string of the molecule is CCOc1ccccc1NC(=O)COc1ccc(F)cc1C(C)=O. The highest BCUT2D eigenvalue weighted by Gasteiger charge is 2.13. The second-order valence-electron chi connectivity index (χ2n) is 4.96. The summed E-state index contributed by atoms with van der Waals surface area (Å²) in [6.45, 7) is 3.31. The number of rotatable bonds is 7. The average molecular weight is 331 g/mol. The van der Waals surface area contributed by atoms with Gasteiger partial charge in [0.15, 0.2) is 12.4 Å². The van der Waals surface area contributed by atoms with E-state index < -0.39 is 11.7 Å². The Hall–Kier alpha value is -2.89. The molecule has 1 N–H and O–H groups in total. The minimum atomic E-state index is -0.539. The number of benzene rings is 2. The molecule has 0 radical (unpaired) electrons. The third kappa shape index (κ3) is 4.55. The van der Waals surface area contributed by atoms with Gasteiger partial charge in [0.1, 0.15) is 17.3 Å². The lowest BCUT2D eigenvalue weighted by Crippen LogP contribution is -2.21. The van der Waals surface area contributed by atoms with Crippen molar-refractivity contribution < 1.29 is 23.5 Å². The number of carbonyl (C=O) groups is 2. The zero-order chi connectivity index (χ0) is 17.5. The van der Waals surface area contributed by atoms with Crippen molar-refractivity contribution in [3.05, 3.63) is 53.8 Å². The number of halogens is 1. The van der Waals surface area contributed by atoms with Crippen LogP contribution >= 0.6 is 0 Å². The van der Waals surface area contributed by atoms with Gasteiger partial charge in [0.25, 0.3) is 5.91 Å². The molecule has 0 heterocycles. The molecular formula is C18H18FNO4. The Morgan fingerprint density at radius 1 is 1.08 bits per heavy atom. The summed E-state index contributed by atoms with van der Waals surface area (Å²) in [7, 11) is 0. The lowest BCUT2D eigenvalue weighted by Gasteiger charge is -2.12. The van der Waals surface area contributed by atoms with Gasteiger partial charge in [-0.1, -0.05) is 12.1 Å². The Kier molecular flexibility index (Phi) is 5.89. The van der Waals surface area contributed by atoms with E-state index in [0.29, 0.717) is 18.0 Å². The summed E-state index contributed by atoms with van der Waals surface area (Å²) in [5.41, 5.74) is 0.622. The monoisotopic (exact) mass is 331 g/mol. The van der Waals surface area contributed by atoms with Crippen molar-refractivity contribution >= 4 is 17.4 Å². The van der Waals surface area contributed by atoms with Gasteiger partial charge in [0.05, 0.1) is 17.9 Å². The molecule has 6 heteroatoms. The van der Waals surface area contributed by atoms with Crippen molar-refractivity contribution in [2.45, 2.75) is 13.8 Å². The van der Waals surface area contributed by atoms with E-state index in [-0.39, 0.29) is 23.7 Å². The number of hydrogen-bond donors (Lipinski definition) is 1. The van der Waals surface area contributed by atoms with Crippen LogP contribution in [0.3, 0.4) is 0 Å². The maximum absolute atomic E-state index is 13.2. The highest BCUT2D eigenvalue weighted by molar-refractivity contribution is 5.97. The second kappa shape index (κ2) is 8.10. The highest BCUT2D eigenvalue weighted by Crippen LogP contribution is 2.24. The van der Waals surface area contributed by atoms with Crippen LogP contribution in [-0.4, -0.2) is 24.9 Å². The summed E-state index contributed by atoms with van der Waals surface area (Å²) in [6, 6.07) is 10.6. The Bertz CT molecular complexity index is 746. The minimum absolute atomic E-state index is 0.0949. The fourth-order valence-electron chi connectivity index (χ4n) is 2.08. The molecule has 0 aliphatic rings. The quantitative estimate of drug-likeness (QED) is 0.789. The number of ketones is 1. The number of nitrogens with one attached hydrogen (secondary N) is 1. The molecule has 0 aliphatic heterocycles. The predicted molar refractivity (Wildman–Crippen MR) is 88.1 cm³/mol. The molecule has 1 amide bonds. The van der Waals surface area contributed by atoms with Crippen molar-refractivity contribution in [1.82, 2.24) is 0 Å². The summed E-state index contributed by atoms with van der Waals surface area (Å²) >= 11 is 0. The van der Waals surface area contributed by atoms with Crippen LogP contribution in [0.25, 0.3) is 0 Å². The first-order valence-electron chi connectivity index (χ1n) is 7.46. The Morgan fingerprint density at radius 2 is 1.83 bits per heavy atom. The third-order valence-corrected chi connectivity index (χ3v) is 3.14. The van der Waals surface area contributed by atoms with Crippen molar-refractivity contribution in [3.8, 4) is 11.5 Å². The van der Waals surface area contributed by atoms with Crippen LogP contribution < -0.4 is 14.8 Å². The molecule has 0 aromatic heterocycles. The average Bonchev–Trinajstić information content (AvgIpc) is 2.55. The second-order valence-corrected chi connectivity index (χ2v) is 4.96. The summed E-state index contributed by atoms with van der Waals surface area (Å²) in [6.07, 6.45) is 0. The number of anilines is 1. The van der Waals surface area contributed by atoms with Crippen molar-refractivity contribution in [1.29, 1.82) is 0 Å². The molecule has 5 nitrogen and oxygen atoms in total. The van der Waals surface area contributed by atoms with E-state index in [1.165, 1.54) is 19.1 Å². The van der Waals surface area contributed by atoms with Crippen LogP contribution in [0.1, 0.15) is 24.2 Å². The largest absolute Gasteiger partial charge is 0.492 e. The molecule has 0 spiro atoms. The lowest BCUT2D eigenvalue weighted by molar-refractivity contribution is -0.118. The van der Waals surface area contributed by atoms with Gasteiger partial charge in [-0.05, 0) is 44.2 Å². The Balaban J connectivity index is 2.03. The van der Waals surface area contributed by atoms with Crippen molar-refractivity contribution in [3.63, 3.8) is 0 Å². The third-order valence-electron chi connectivity index (χ3n) is 3.14. The fraction of sp³-hybridized carbons (Fsp3) is 0.222.